The van der Waals surface area contributed by atoms with Gasteiger partial charge in [-0.1, -0.05) is 0 Å². The lowest BCUT2D eigenvalue weighted by Gasteiger charge is -2.01. The second-order valence-electron chi connectivity index (χ2n) is 2.79. The van der Waals surface area contributed by atoms with Crippen LogP contribution in [0.25, 0.3) is 5.69 Å². The molecular weight excluding hydrogens is 224 g/mol. The zero-order valence-corrected chi connectivity index (χ0v) is 8.07. The monoisotopic (exact) mass is 229 g/mol. The first-order valence-corrected chi connectivity index (χ1v) is 4.35. The number of rotatable bonds is 1. The number of halogens is 2. The van der Waals surface area contributed by atoms with Gasteiger partial charge in [-0.15, -0.1) is 0 Å². The number of nitrogens with one attached hydrogen (secondary N) is 2. The molecule has 0 amide bonds. The predicted octanol–water partition coefficient (Wildman–Crippen LogP) is 1.50. The van der Waals surface area contributed by atoms with Crippen LogP contribution in [-0.2, 0) is 0 Å². The van der Waals surface area contributed by atoms with E-state index in [1.165, 1.54) is 0 Å². The summed E-state index contributed by atoms with van der Waals surface area (Å²) in [6.07, 6.45) is 0. The van der Waals surface area contributed by atoms with Crippen LogP contribution in [0, 0.1) is 16.4 Å². The molecule has 2 aromatic rings. The maximum atomic E-state index is 13.3. The summed E-state index contributed by atoms with van der Waals surface area (Å²) in [5, 5.41) is 4.55. The van der Waals surface area contributed by atoms with Gasteiger partial charge < -0.3 is 0 Å². The van der Waals surface area contributed by atoms with Crippen molar-refractivity contribution in [2.75, 3.05) is 0 Å². The van der Waals surface area contributed by atoms with Crippen molar-refractivity contribution in [1.29, 1.82) is 0 Å². The standard InChI is InChI=1S/C8H5F2N3OS/c9-4-1-2-6(5(10)3-4)13-7(14)11-12-8(13)15/h1-3H,(H,11,14)(H,12,15). The van der Waals surface area contributed by atoms with Crippen molar-refractivity contribution in [3.8, 4) is 5.69 Å². The molecule has 0 atom stereocenters. The number of aromatic amines is 2. The summed E-state index contributed by atoms with van der Waals surface area (Å²) < 4.78 is 26.8. The average Bonchev–Trinajstić information content (AvgIpc) is 2.48. The van der Waals surface area contributed by atoms with Crippen LogP contribution in [0.3, 0.4) is 0 Å². The van der Waals surface area contributed by atoms with E-state index in [1.807, 2.05) is 0 Å². The van der Waals surface area contributed by atoms with Gasteiger partial charge in [0.15, 0.2) is 0 Å². The van der Waals surface area contributed by atoms with Gasteiger partial charge in [-0.2, -0.15) is 0 Å². The third-order valence-electron chi connectivity index (χ3n) is 1.83. The van der Waals surface area contributed by atoms with E-state index < -0.39 is 17.3 Å². The van der Waals surface area contributed by atoms with Gasteiger partial charge in [-0.25, -0.2) is 23.2 Å². The molecule has 2 N–H and O–H groups in total. The van der Waals surface area contributed by atoms with E-state index in [-0.39, 0.29) is 10.5 Å². The zero-order chi connectivity index (χ0) is 11.0. The molecule has 0 saturated heterocycles. The fourth-order valence-corrected chi connectivity index (χ4v) is 1.42. The molecule has 0 aliphatic carbocycles. The van der Waals surface area contributed by atoms with Crippen molar-refractivity contribution in [2.24, 2.45) is 0 Å². The lowest BCUT2D eigenvalue weighted by atomic mass is 10.3. The Bertz CT molecular complexity index is 585. The second-order valence-corrected chi connectivity index (χ2v) is 3.18. The van der Waals surface area contributed by atoms with Gasteiger partial charge in [-0.05, 0) is 24.4 Å². The summed E-state index contributed by atoms with van der Waals surface area (Å²) in [5.41, 5.74) is -0.700. The normalized spacial score (nSPS) is 10.5. The van der Waals surface area contributed by atoms with E-state index in [0.29, 0.717) is 6.07 Å². The topological polar surface area (TPSA) is 53.6 Å². The Morgan fingerprint density at radius 3 is 2.53 bits per heavy atom. The van der Waals surface area contributed by atoms with Crippen LogP contribution in [-0.4, -0.2) is 14.8 Å². The smallest absolute Gasteiger partial charge is 0.272 e. The van der Waals surface area contributed by atoms with Gasteiger partial charge >= 0.3 is 5.69 Å². The number of hydrogen-bond donors (Lipinski definition) is 2. The quantitative estimate of drug-likeness (QED) is 0.728. The minimum Gasteiger partial charge on any atom is -0.272 e. The molecule has 0 fully saturated rings. The maximum absolute atomic E-state index is 13.3. The molecule has 78 valence electrons. The lowest BCUT2D eigenvalue weighted by Crippen LogP contribution is -2.16. The molecule has 0 saturated carbocycles. The minimum atomic E-state index is -0.851. The fraction of sp³-hybridized carbons (Fsp3) is 0. The minimum absolute atomic E-state index is 0.0190. The largest absolute Gasteiger partial charge is 0.347 e. The van der Waals surface area contributed by atoms with Gasteiger partial charge in [0.05, 0.1) is 5.69 Å². The highest BCUT2D eigenvalue weighted by Gasteiger charge is 2.09. The van der Waals surface area contributed by atoms with E-state index in [2.05, 4.69) is 10.2 Å². The Labute approximate surface area is 87.2 Å². The van der Waals surface area contributed by atoms with Crippen LogP contribution in [0.5, 0.6) is 0 Å². The van der Waals surface area contributed by atoms with Gasteiger partial charge in [0, 0.05) is 6.07 Å². The summed E-state index contributed by atoms with van der Waals surface area (Å²) >= 11 is 4.76. The SMILES string of the molecule is O=c1[nH][nH]c(=S)n1-c1ccc(F)cc1F. The Balaban J connectivity index is 2.75. The first-order valence-electron chi connectivity index (χ1n) is 3.95. The van der Waals surface area contributed by atoms with E-state index in [0.717, 1.165) is 16.7 Å². The summed E-state index contributed by atoms with van der Waals surface area (Å²) in [7, 11) is 0. The summed E-state index contributed by atoms with van der Waals surface area (Å²) in [4.78, 5) is 11.2. The highest BCUT2D eigenvalue weighted by Crippen LogP contribution is 2.12. The Hall–Kier alpha value is -1.76. The molecule has 15 heavy (non-hydrogen) atoms. The van der Waals surface area contributed by atoms with Crippen LogP contribution in [0.2, 0.25) is 0 Å². The molecule has 0 unspecified atom stereocenters. The summed E-state index contributed by atoms with van der Waals surface area (Å²) in [5.74, 6) is -1.56. The summed E-state index contributed by atoms with van der Waals surface area (Å²) in [6, 6.07) is 2.87. The molecule has 0 aliphatic rings. The third-order valence-corrected chi connectivity index (χ3v) is 2.12. The van der Waals surface area contributed by atoms with Gasteiger partial charge in [0.2, 0.25) is 4.77 Å². The molecule has 2 rings (SSSR count). The van der Waals surface area contributed by atoms with Crippen LogP contribution >= 0.6 is 12.2 Å². The average molecular weight is 229 g/mol. The molecule has 0 aliphatic heterocycles. The van der Waals surface area contributed by atoms with E-state index in [9.17, 15) is 13.6 Å². The fourth-order valence-electron chi connectivity index (χ4n) is 1.19. The van der Waals surface area contributed by atoms with Gasteiger partial charge in [-0.3, -0.25) is 5.10 Å². The molecule has 1 aromatic carbocycles. The number of hydrogen-bond acceptors (Lipinski definition) is 2. The lowest BCUT2D eigenvalue weighted by molar-refractivity contribution is 0.576. The highest BCUT2D eigenvalue weighted by molar-refractivity contribution is 7.71. The Morgan fingerprint density at radius 1 is 1.27 bits per heavy atom. The predicted molar refractivity (Wildman–Crippen MR) is 51.5 cm³/mol. The molecular formula is C8H5F2N3OS. The van der Waals surface area contributed by atoms with E-state index in [4.69, 9.17) is 12.2 Å². The third kappa shape index (κ3) is 1.61. The molecule has 0 radical (unpaired) electrons. The van der Waals surface area contributed by atoms with Crippen molar-refractivity contribution in [2.45, 2.75) is 0 Å². The van der Waals surface area contributed by atoms with Crippen molar-refractivity contribution in [3.05, 3.63) is 45.1 Å². The van der Waals surface area contributed by atoms with E-state index in [1.54, 1.807) is 0 Å². The van der Waals surface area contributed by atoms with Gasteiger partial charge in [0.25, 0.3) is 0 Å². The molecule has 7 heteroatoms. The summed E-state index contributed by atoms with van der Waals surface area (Å²) in [6.45, 7) is 0. The molecule has 1 heterocycles. The number of aromatic nitrogens is 3. The molecule has 0 spiro atoms. The van der Waals surface area contributed by atoms with Crippen LogP contribution in [0.4, 0.5) is 8.78 Å². The molecule has 1 aromatic heterocycles. The van der Waals surface area contributed by atoms with Crippen LogP contribution in [0.1, 0.15) is 0 Å². The molecule has 4 nitrogen and oxygen atoms in total. The van der Waals surface area contributed by atoms with Gasteiger partial charge in [0.1, 0.15) is 11.6 Å². The Morgan fingerprint density at radius 2 is 2.00 bits per heavy atom. The van der Waals surface area contributed by atoms with Crippen molar-refractivity contribution < 1.29 is 8.78 Å². The number of nitrogens with zero attached hydrogens (tertiary/aromatic N) is 1. The molecule has 0 bridgehead atoms. The second kappa shape index (κ2) is 3.43. The number of H-pyrrole nitrogens is 2. The van der Waals surface area contributed by atoms with Crippen molar-refractivity contribution in [3.63, 3.8) is 0 Å². The first kappa shape index (κ1) is 9.78. The maximum Gasteiger partial charge on any atom is 0.347 e. The first-order chi connectivity index (χ1) is 7.09. The van der Waals surface area contributed by atoms with Crippen LogP contribution in [0.15, 0.2) is 23.0 Å². The zero-order valence-electron chi connectivity index (χ0n) is 7.25. The van der Waals surface area contributed by atoms with E-state index >= 15 is 0 Å². The highest BCUT2D eigenvalue weighted by atomic mass is 32.1. The van der Waals surface area contributed by atoms with Crippen molar-refractivity contribution in [1.82, 2.24) is 14.8 Å². The van der Waals surface area contributed by atoms with Crippen LogP contribution < -0.4 is 5.69 Å². The number of benzene rings is 1. The van der Waals surface area contributed by atoms with Crippen molar-refractivity contribution >= 4 is 12.2 Å². The Kier molecular flexibility index (Phi) is 2.24.